The molecule has 0 bridgehead atoms. The molecule has 1 saturated heterocycles. The van der Waals surface area contributed by atoms with Crippen LogP contribution in [0.3, 0.4) is 0 Å². The first kappa shape index (κ1) is 19.4. The number of halogens is 3. The van der Waals surface area contributed by atoms with Crippen LogP contribution in [-0.2, 0) is 17.3 Å². The molecule has 0 spiro atoms. The van der Waals surface area contributed by atoms with Gasteiger partial charge in [0.1, 0.15) is 11.5 Å². The fourth-order valence-corrected chi connectivity index (χ4v) is 3.03. The fourth-order valence-electron chi connectivity index (χ4n) is 3.03. The van der Waals surface area contributed by atoms with Gasteiger partial charge in [-0.3, -0.25) is 15.0 Å². The van der Waals surface area contributed by atoms with Crippen molar-refractivity contribution in [2.45, 2.75) is 19.0 Å². The van der Waals surface area contributed by atoms with E-state index in [1.165, 1.54) is 0 Å². The molecule has 0 amide bonds. The summed E-state index contributed by atoms with van der Waals surface area (Å²) in [5.74, 6) is 0.837. The molecular weight excluding hydrogens is 365 g/mol. The second-order valence-electron chi connectivity index (χ2n) is 6.31. The van der Waals surface area contributed by atoms with E-state index in [2.05, 4.69) is 4.90 Å². The topological polar surface area (TPSA) is 68.8 Å². The molecule has 27 heavy (non-hydrogen) atoms. The Hall–Kier alpha value is -2.39. The largest absolute Gasteiger partial charge is 0.461 e. The third-order valence-corrected chi connectivity index (χ3v) is 4.45. The standard InChI is InChI=1S/C18H19F3N2O4/c19-18(20,21)13-3-5-15(16(12-13)23(24)25)17-6-4-14(27-17)2-1-7-22-8-10-26-11-9-22/h3-6,12H,1-2,7-11H2. The molecule has 9 heteroatoms. The Morgan fingerprint density at radius 1 is 1.15 bits per heavy atom. The van der Waals surface area contributed by atoms with Crippen molar-refractivity contribution in [3.05, 3.63) is 51.8 Å². The number of ether oxygens (including phenoxy) is 1. The maximum absolute atomic E-state index is 12.8. The number of morpholine rings is 1. The molecule has 3 rings (SSSR count). The first-order valence-corrected chi connectivity index (χ1v) is 8.59. The molecule has 2 heterocycles. The van der Waals surface area contributed by atoms with Crippen molar-refractivity contribution in [2.24, 2.45) is 0 Å². The summed E-state index contributed by atoms with van der Waals surface area (Å²) in [7, 11) is 0. The number of nitrogens with zero attached hydrogens (tertiary/aromatic N) is 2. The van der Waals surface area contributed by atoms with Crippen LogP contribution in [0.2, 0.25) is 0 Å². The molecule has 1 fully saturated rings. The lowest BCUT2D eigenvalue weighted by atomic mass is 10.1. The second kappa shape index (κ2) is 8.10. The van der Waals surface area contributed by atoms with E-state index in [4.69, 9.17) is 9.15 Å². The van der Waals surface area contributed by atoms with Gasteiger partial charge in [-0.15, -0.1) is 0 Å². The first-order chi connectivity index (χ1) is 12.8. The van der Waals surface area contributed by atoms with Crippen molar-refractivity contribution in [3.63, 3.8) is 0 Å². The molecule has 0 N–H and O–H groups in total. The highest BCUT2D eigenvalue weighted by Crippen LogP contribution is 2.37. The first-order valence-electron chi connectivity index (χ1n) is 8.59. The van der Waals surface area contributed by atoms with E-state index in [0.29, 0.717) is 18.2 Å². The van der Waals surface area contributed by atoms with E-state index in [0.717, 1.165) is 51.4 Å². The SMILES string of the molecule is O=[N+]([O-])c1cc(C(F)(F)F)ccc1-c1ccc(CCCN2CCOCC2)o1. The van der Waals surface area contributed by atoms with E-state index in [1.807, 2.05) is 0 Å². The Kier molecular flexibility index (Phi) is 5.81. The van der Waals surface area contributed by atoms with Crippen LogP contribution in [0.1, 0.15) is 17.7 Å². The average molecular weight is 384 g/mol. The molecule has 1 aliphatic heterocycles. The zero-order valence-corrected chi connectivity index (χ0v) is 14.5. The number of hydrogen-bond acceptors (Lipinski definition) is 5. The van der Waals surface area contributed by atoms with Crippen LogP contribution in [-0.4, -0.2) is 42.7 Å². The quantitative estimate of drug-likeness (QED) is 0.553. The molecule has 0 saturated carbocycles. The van der Waals surface area contributed by atoms with Gasteiger partial charge >= 0.3 is 6.18 Å². The number of nitro groups is 1. The van der Waals surface area contributed by atoms with Gasteiger partial charge < -0.3 is 9.15 Å². The Labute approximate surface area is 153 Å². The molecule has 0 aliphatic carbocycles. The predicted molar refractivity (Wildman–Crippen MR) is 91.4 cm³/mol. The Balaban J connectivity index is 1.70. The molecule has 1 aliphatic rings. The maximum atomic E-state index is 12.8. The van der Waals surface area contributed by atoms with Gasteiger partial charge in [-0.05, 0) is 37.2 Å². The number of furan rings is 1. The van der Waals surface area contributed by atoms with Gasteiger partial charge in [-0.25, -0.2) is 0 Å². The highest BCUT2D eigenvalue weighted by atomic mass is 19.4. The minimum absolute atomic E-state index is 0.0347. The van der Waals surface area contributed by atoms with Crippen LogP contribution in [0.25, 0.3) is 11.3 Å². The molecule has 0 atom stereocenters. The van der Waals surface area contributed by atoms with E-state index >= 15 is 0 Å². The third-order valence-electron chi connectivity index (χ3n) is 4.45. The summed E-state index contributed by atoms with van der Waals surface area (Å²) in [6.07, 6.45) is -3.15. The Bertz CT molecular complexity index is 798. The van der Waals surface area contributed by atoms with Gasteiger partial charge in [0.25, 0.3) is 5.69 Å². The normalized spacial score (nSPS) is 15.8. The fraction of sp³-hybridized carbons (Fsp3) is 0.444. The smallest absolute Gasteiger partial charge is 0.416 e. The molecule has 1 aromatic carbocycles. The molecular formula is C18H19F3N2O4. The van der Waals surface area contributed by atoms with Crippen LogP contribution in [0.15, 0.2) is 34.7 Å². The minimum Gasteiger partial charge on any atom is -0.461 e. The summed E-state index contributed by atoms with van der Waals surface area (Å²) >= 11 is 0. The average Bonchev–Trinajstić information content (AvgIpc) is 3.10. The summed E-state index contributed by atoms with van der Waals surface area (Å²) in [5, 5.41) is 11.2. The summed E-state index contributed by atoms with van der Waals surface area (Å²) in [4.78, 5) is 12.7. The molecule has 0 unspecified atom stereocenters. The molecule has 0 radical (unpaired) electrons. The van der Waals surface area contributed by atoms with Crippen molar-refractivity contribution >= 4 is 5.69 Å². The Morgan fingerprint density at radius 3 is 2.56 bits per heavy atom. The predicted octanol–water partition coefficient (Wildman–Crippen LogP) is 4.14. The van der Waals surface area contributed by atoms with Crippen molar-refractivity contribution in [2.75, 3.05) is 32.8 Å². The lowest BCUT2D eigenvalue weighted by Crippen LogP contribution is -2.36. The van der Waals surface area contributed by atoms with E-state index in [1.54, 1.807) is 12.1 Å². The van der Waals surface area contributed by atoms with Crippen molar-refractivity contribution < 1.29 is 27.2 Å². The number of hydrogen-bond donors (Lipinski definition) is 0. The highest BCUT2D eigenvalue weighted by molar-refractivity contribution is 5.70. The van der Waals surface area contributed by atoms with Crippen LogP contribution in [0, 0.1) is 10.1 Å². The minimum atomic E-state index is -4.64. The van der Waals surface area contributed by atoms with Crippen molar-refractivity contribution in [3.8, 4) is 11.3 Å². The van der Waals surface area contributed by atoms with Crippen LogP contribution in [0.4, 0.5) is 18.9 Å². The van der Waals surface area contributed by atoms with Gasteiger partial charge in [0.2, 0.25) is 0 Å². The van der Waals surface area contributed by atoms with Gasteiger partial charge in [-0.1, -0.05) is 0 Å². The number of aryl methyl sites for hydroxylation is 1. The zero-order valence-electron chi connectivity index (χ0n) is 14.5. The summed E-state index contributed by atoms with van der Waals surface area (Å²) in [6, 6.07) is 5.70. The van der Waals surface area contributed by atoms with Crippen LogP contribution in [0.5, 0.6) is 0 Å². The lowest BCUT2D eigenvalue weighted by molar-refractivity contribution is -0.384. The summed E-state index contributed by atoms with van der Waals surface area (Å²) in [6.45, 7) is 4.12. The maximum Gasteiger partial charge on any atom is 0.416 e. The third kappa shape index (κ3) is 4.86. The zero-order chi connectivity index (χ0) is 19.4. The highest BCUT2D eigenvalue weighted by Gasteiger charge is 2.33. The number of rotatable bonds is 6. The second-order valence-corrected chi connectivity index (χ2v) is 6.31. The Morgan fingerprint density at radius 2 is 1.89 bits per heavy atom. The van der Waals surface area contributed by atoms with Crippen LogP contribution >= 0.6 is 0 Å². The molecule has 6 nitrogen and oxygen atoms in total. The summed E-state index contributed by atoms with van der Waals surface area (Å²) < 4.78 is 49.4. The van der Waals surface area contributed by atoms with Gasteiger partial charge in [0.05, 0.1) is 29.3 Å². The number of alkyl halides is 3. The number of benzene rings is 1. The number of nitro benzene ring substituents is 1. The molecule has 146 valence electrons. The van der Waals surface area contributed by atoms with Crippen molar-refractivity contribution in [1.82, 2.24) is 4.90 Å². The van der Waals surface area contributed by atoms with Crippen LogP contribution < -0.4 is 0 Å². The van der Waals surface area contributed by atoms with Gasteiger partial charge in [0, 0.05) is 25.6 Å². The van der Waals surface area contributed by atoms with E-state index in [-0.39, 0.29) is 11.3 Å². The van der Waals surface area contributed by atoms with E-state index < -0.39 is 22.4 Å². The van der Waals surface area contributed by atoms with Gasteiger partial charge in [-0.2, -0.15) is 13.2 Å². The monoisotopic (exact) mass is 384 g/mol. The van der Waals surface area contributed by atoms with Gasteiger partial charge in [0.15, 0.2) is 0 Å². The lowest BCUT2D eigenvalue weighted by Gasteiger charge is -2.26. The molecule has 2 aromatic rings. The van der Waals surface area contributed by atoms with Crippen molar-refractivity contribution in [1.29, 1.82) is 0 Å². The van der Waals surface area contributed by atoms with E-state index in [9.17, 15) is 23.3 Å². The summed E-state index contributed by atoms with van der Waals surface area (Å²) in [5.41, 5.74) is -1.65. The molecule has 1 aromatic heterocycles.